The molecular formula is C12H9F2NOS. The van der Waals surface area contributed by atoms with E-state index in [4.69, 9.17) is 0 Å². The van der Waals surface area contributed by atoms with E-state index in [1.54, 1.807) is 12.3 Å². The van der Waals surface area contributed by atoms with Crippen molar-refractivity contribution >= 4 is 17.1 Å². The summed E-state index contributed by atoms with van der Waals surface area (Å²) in [6, 6.07) is 3.54. The van der Waals surface area contributed by atoms with E-state index in [0.717, 1.165) is 17.1 Å². The van der Waals surface area contributed by atoms with E-state index in [1.807, 2.05) is 0 Å². The number of nitrogens with zero attached hydrogens (tertiary/aromatic N) is 1. The summed E-state index contributed by atoms with van der Waals surface area (Å²) < 4.78 is 26.6. The summed E-state index contributed by atoms with van der Waals surface area (Å²) in [5, 5.41) is 2.35. The second-order valence-electron chi connectivity index (χ2n) is 3.55. The number of thiazole rings is 1. The molecule has 0 fully saturated rings. The zero-order valence-electron chi connectivity index (χ0n) is 9.04. The number of aryl methyl sites for hydroxylation is 1. The average Bonchev–Trinajstić information content (AvgIpc) is 2.70. The Bertz CT molecular complexity index is 545. The SMILES string of the molecule is Cc1nc(C(=O)Cc2c(F)cccc2F)cs1. The monoisotopic (exact) mass is 253 g/mol. The maximum atomic E-state index is 13.3. The average molecular weight is 253 g/mol. The summed E-state index contributed by atoms with van der Waals surface area (Å²) in [7, 11) is 0. The molecule has 1 heterocycles. The molecule has 2 nitrogen and oxygen atoms in total. The Morgan fingerprint density at radius 1 is 1.35 bits per heavy atom. The normalized spacial score (nSPS) is 10.5. The molecule has 17 heavy (non-hydrogen) atoms. The van der Waals surface area contributed by atoms with Crippen LogP contribution in [0.4, 0.5) is 8.78 Å². The van der Waals surface area contributed by atoms with Gasteiger partial charge in [0.2, 0.25) is 0 Å². The van der Waals surface area contributed by atoms with Crippen LogP contribution in [0.1, 0.15) is 21.1 Å². The number of rotatable bonds is 3. The van der Waals surface area contributed by atoms with Gasteiger partial charge in [-0.15, -0.1) is 11.3 Å². The minimum atomic E-state index is -0.703. The van der Waals surface area contributed by atoms with E-state index >= 15 is 0 Å². The molecule has 0 unspecified atom stereocenters. The molecule has 0 amide bonds. The number of Topliss-reactive ketones (excluding diaryl/α,β-unsaturated/α-hetero) is 1. The first kappa shape index (κ1) is 11.9. The molecule has 0 bridgehead atoms. The fraction of sp³-hybridized carbons (Fsp3) is 0.167. The lowest BCUT2D eigenvalue weighted by Crippen LogP contribution is -2.07. The molecule has 0 N–H and O–H groups in total. The predicted molar refractivity (Wildman–Crippen MR) is 61.2 cm³/mol. The zero-order chi connectivity index (χ0) is 12.4. The van der Waals surface area contributed by atoms with Crippen LogP contribution in [0.25, 0.3) is 0 Å². The first-order valence-corrected chi connectivity index (χ1v) is 5.84. The van der Waals surface area contributed by atoms with Gasteiger partial charge >= 0.3 is 0 Å². The molecule has 0 aliphatic rings. The first-order valence-electron chi connectivity index (χ1n) is 4.96. The lowest BCUT2D eigenvalue weighted by Gasteiger charge is -2.02. The quantitative estimate of drug-likeness (QED) is 0.786. The molecule has 1 aromatic carbocycles. The van der Waals surface area contributed by atoms with Crippen molar-refractivity contribution in [3.63, 3.8) is 0 Å². The van der Waals surface area contributed by atoms with Crippen molar-refractivity contribution in [1.29, 1.82) is 0 Å². The number of ketones is 1. The predicted octanol–water partition coefficient (Wildman–Crippen LogP) is 3.16. The van der Waals surface area contributed by atoms with E-state index in [9.17, 15) is 13.6 Å². The fourth-order valence-electron chi connectivity index (χ4n) is 1.44. The Morgan fingerprint density at radius 3 is 2.53 bits per heavy atom. The molecule has 0 radical (unpaired) electrons. The van der Waals surface area contributed by atoms with Crippen molar-refractivity contribution in [2.45, 2.75) is 13.3 Å². The van der Waals surface area contributed by atoms with Crippen molar-refractivity contribution in [1.82, 2.24) is 4.98 Å². The largest absolute Gasteiger partial charge is 0.292 e. The van der Waals surface area contributed by atoms with Gasteiger partial charge in [-0.3, -0.25) is 4.79 Å². The molecule has 0 aliphatic carbocycles. The summed E-state index contributed by atoms with van der Waals surface area (Å²) in [6.07, 6.45) is -0.304. The van der Waals surface area contributed by atoms with Crippen LogP contribution < -0.4 is 0 Å². The smallest absolute Gasteiger partial charge is 0.186 e. The molecular weight excluding hydrogens is 244 g/mol. The van der Waals surface area contributed by atoms with Gasteiger partial charge in [0.1, 0.15) is 17.3 Å². The Hall–Kier alpha value is -1.62. The van der Waals surface area contributed by atoms with Crippen molar-refractivity contribution in [2.75, 3.05) is 0 Å². The van der Waals surface area contributed by atoms with Crippen LogP contribution in [0, 0.1) is 18.6 Å². The summed E-state index contributed by atoms with van der Waals surface area (Å²) in [5.41, 5.74) is 0.0540. The third kappa shape index (κ3) is 2.55. The maximum Gasteiger partial charge on any atom is 0.186 e. The molecule has 0 saturated carbocycles. The van der Waals surface area contributed by atoms with Crippen LogP contribution in [-0.4, -0.2) is 10.8 Å². The standard InChI is InChI=1S/C12H9F2NOS/c1-7-15-11(6-17-7)12(16)5-8-9(13)3-2-4-10(8)14/h2-4,6H,5H2,1H3. The molecule has 0 spiro atoms. The Morgan fingerprint density at radius 2 is 2.00 bits per heavy atom. The van der Waals surface area contributed by atoms with Gasteiger partial charge in [0.25, 0.3) is 0 Å². The Balaban J connectivity index is 2.24. The number of hydrogen-bond donors (Lipinski definition) is 0. The maximum absolute atomic E-state index is 13.3. The van der Waals surface area contributed by atoms with E-state index in [1.165, 1.54) is 17.4 Å². The summed E-state index contributed by atoms with van der Waals surface area (Å²) >= 11 is 1.33. The molecule has 0 atom stereocenters. The number of carbonyl (C=O) groups is 1. The lowest BCUT2D eigenvalue weighted by molar-refractivity contribution is 0.0986. The summed E-state index contributed by atoms with van der Waals surface area (Å²) in [5.74, 6) is -1.78. The number of halogens is 2. The van der Waals surface area contributed by atoms with Crippen LogP contribution in [0.15, 0.2) is 23.6 Å². The van der Waals surface area contributed by atoms with Gasteiger partial charge in [0.15, 0.2) is 5.78 Å². The minimum absolute atomic E-state index is 0.205. The van der Waals surface area contributed by atoms with Gasteiger partial charge in [0, 0.05) is 17.4 Å². The zero-order valence-corrected chi connectivity index (χ0v) is 9.85. The van der Waals surface area contributed by atoms with Crippen LogP contribution in [0.2, 0.25) is 0 Å². The topological polar surface area (TPSA) is 30.0 Å². The van der Waals surface area contributed by atoms with Crippen molar-refractivity contribution < 1.29 is 13.6 Å². The molecule has 88 valence electrons. The number of benzene rings is 1. The summed E-state index contributed by atoms with van der Waals surface area (Å²) in [6.45, 7) is 1.77. The highest BCUT2D eigenvalue weighted by Crippen LogP contribution is 2.16. The van der Waals surface area contributed by atoms with E-state index < -0.39 is 11.6 Å². The number of aromatic nitrogens is 1. The van der Waals surface area contributed by atoms with Crippen LogP contribution in [-0.2, 0) is 6.42 Å². The van der Waals surface area contributed by atoms with Gasteiger partial charge < -0.3 is 0 Å². The van der Waals surface area contributed by atoms with Crippen LogP contribution in [0.3, 0.4) is 0 Å². The lowest BCUT2D eigenvalue weighted by atomic mass is 10.1. The minimum Gasteiger partial charge on any atom is -0.292 e. The molecule has 2 rings (SSSR count). The fourth-order valence-corrected chi connectivity index (χ4v) is 2.06. The highest BCUT2D eigenvalue weighted by Gasteiger charge is 2.16. The Kier molecular flexibility index (Phi) is 3.28. The van der Waals surface area contributed by atoms with E-state index in [-0.39, 0.29) is 23.5 Å². The third-order valence-corrected chi connectivity index (χ3v) is 3.08. The molecule has 1 aromatic heterocycles. The molecule has 2 aromatic rings. The van der Waals surface area contributed by atoms with Gasteiger partial charge in [-0.05, 0) is 19.1 Å². The highest BCUT2D eigenvalue weighted by molar-refractivity contribution is 7.09. The van der Waals surface area contributed by atoms with Gasteiger partial charge in [-0.1, -0.05) is 6.07 Å². The highest BCUT2D eigenvalue weighted by atomic mass is 32.1. The van der Waals surface area contributed by atoms with Crippen molar-refractivity contribution in [3.8, 4) is 0 Å². The van der Waals surface area contributed by atoms with Crippen molar-refractivity contribution in [2.24, 2.45) is 0 Å². The Labute approximate surface area is 101 Å². The van der Waals surface area contributed by atoms with E-state index in [2.05, 4.69) is 4.98 Å². The van der Waals surface area contributed by atoms with Gasteiger partial charge in [-0.25, -0.2) is 13.8 Å². The summed E-state index contributed by atoms with van der Waals surface area (Å²) in [4.78, 5) is 15.7. The van der Waals surface area contributed by atoms with Gasteiger partial charge in [-0.2, -0.15) is 0 Å². The molecule has 5 heteroatoms. The van der Waals surface area contributed by atoms with E-state index in [0.29, 0.717) is 0 Å². The second-order valence-corrected chi connectivity index (χ2v) is 4.61. The van der Waals surface area contributed by atoms with Crippen LogP contribution in [0.5, 0.6) is 0 Å². The first-order chi connectivity index (χ1) is 8.08. The van der Waals surface area contributed by atoms with Gasteiger partial charge in [0.05, 0.1) is 5.01 Å². The van der Waals surface area contributed by atoms with Crippen molar-refractivity contribution in [3.05, 3.63) is 51.5 Å². The third-order valence-electron chi connectivity index (χ3n) is 2.30. The number of carbonyl (C=O) groups excluding carboxylic acids is 1. The molecule has 0 aliphatic heterocycles. The number of hydrogen-bond acceptors (Lipinski definition) is 3. The second kappa shape index (κ2) is 4.71. The molecule has 0 saturated heterocycles. The van der Waals surface area contributed by atoms with Crippen LogP contribution >= 0.6 is 11.3 Å².